The summed E-state index contributed by atoms with van der Waals surface area (Å²) >= 11 is 0. The number of nitrogens with two attached hydrogens (primary N) is 2. The van der Waals surface area contributed by atoms with Crippen molar-refractivity contribution in [2.45, 2.75) is 50.8 Å². The van der Waals surface area contributed by atoms with Gasteiger partial charge in [0.2, 0.25) is 11.8 Å². The van der Waals surface area contributed by atoms with E-state index in [2.05, 4.69) is 20.9 Å². The van der Waals surface area contributed by atoms with E-state index in [1.807, 2.05) is 6.92 Å². The summed E-state index contributed by atoms with van der Waals surface area (Å²) in [6.45, 7) is 2.58. The zero-order chi connectivity index (χ0) is 23.8. The lowest BCUT2D eigenvalue weighted by atomic mass is 9.93. The molecule has 178 valence electrons. The highest BCUT2D eigenvalue weighted by Gasteiger charge is 2.39. The molecule has 0 atom stereocenters. The second kappa shape index (κ2) is 8.63. The summed E-state index contributed by atoms with van der Waals surface area (Å²) in [7, 11) is -3.01. The summed E-state index contributed by atoms with van der Waals surface area (Å²) in [6.07, 6.45) is 5.44. The van der Waals surface area contributed by atoms with E-state index in [4.69, 9.17) is 16.3 Å². The highest BCUT2D eigenvalue weighted by molar-refractivity contribution is 7.91. The molecule has 2 aromatic rings. The molecule has 0 unspecified atom stereocenters. The first-order chi connectivity index (χ1) is 15.6. The van der Waals surface area contributed by atoms with Gasteiger partial charge in [0.05, 0.1) is 47.3 Å². The molecule has 0 aliphatic carbocycles. The fourth-order valence-electron chi connectivity index (χ4n) is 4.29. The van der Waals surface area contributed by atoms with Crippen molar-refractivity contribution in [2.24, 2.45) is 11.5 Å². The molecule has 0 bridgehead atoms. The number of pyridine rings is 1. The van der Waals surface area contributed by atoms with Gasteiger partial charge in [-0.1, -0.05) is 0 Å². The zero-order valence-electron chi connectivity index (χ0n) is 18.2. The number of carbonyl (C=O) groups is 2. The first-order valence-electron chi connectivity index (χ1n) is 10.7. The molecule has 1 fully saturated rings. The highest BCUT2D eigenvalue weighted by atomic mass is 32.2. The second-order valence-electron chi connectivity index (χ2n) is 8.43. The number of hydroxylamine groups is 1. The maximum Gasteiger partial charge on any atom is 0.220 e. The molecule has 2 amide bonds. The van der Waals surface area contributed by atoms with E-state index in [1.165, 1.54) is 0 Å². The van der Waals surface area contributed by atoms with E-state index in [0.717, 1.165) is 5.39 Å². The smallest absolute Gasteiger partial charge is 0.220 e. The molecule has 2 aromatic heterocycles. The molecule has 4 heterocycles. The molecule has 13 heteroatoms. The summed E-state index contributed by atoms with van der Waals surface area (Å²) in [6, 6.07) is -0.0632. The fourth-order valence-corrected chi connectivity index (χ4v) is 5.79. The molecule has 2 aliphatic heterocycles. The molecule has 12 nitrogen and oxygen atoms in total. The van der Waals surface area contributed by atoms with E-state index < -0.39 is 27.3 Å². The molecular formula is C20H27N7O5S. The first kappa shape index (κ1) is 23.0. The van der Waals surface area contributed by atoms with E-state index in [1.54, 1.807) is 23.2 Å². The molecule has 2 aliphatic rings. The summed E-state index contributed by atoms with van der Waals surface area (Å²) in [5.74, 6) is -1.05. The van der Waals surface area contributed by atoms with Gasteiger partial charge >= 0.3 is 0 Å². The Morgan fingerprint density at radius 1 is 1.24 bits per heavy atom. The van der Waals surface area contributed by atoms with Crippen molar-refractivity contribution in [2.75, 3.05) is 16.8 Å². The van der Waals surface area contributed by atoms with E-state index >= 15 is 0 Å². The number of fused-ring (bicyclic) bond motifs is 1. The lowest BCUT2D eigenvalue weighted by Crippen LogP contribution is -2.38. The van der Waals surface area contributed by atoms with Gasteiger partial charge in [-0.15, -0.1) is 0 Å². The van der Waals surface area contributed by atoms with Crippen molar-refractivity contribution in [3.63, 3.8) is 0 Å². The van der Waals surface area contributed by atoms with Crippen molar-refractivity contribution in [1.29, 1.82) is 0 Å². The minimum atomic E-state index is -3.01. The van der Waals surface area contributed by atoms with E-state index in [-0.39, 0.29) is 30.4 Å². The number of hydrogen-bond donors (Lipinski definition) is 4. The predicted octanol–water partition coefficient (Wildman–Crippen LogP) is -0.194. The third-order valence-electron chi connectivity index (χ3n) is 5.88. The van der Waals surface area contributed by atoms with Crippen LogP contribution in [0.2, 0.25) is 0 Å². The number of amides is 2. The van der Waals surface area contributed by atoms with Gasteiger partial charge in [-0.05, 0) is 25.8 Å². The van der Waals surface area contributed by atoms with Crippen LogP contribution in [0.3, 0.4) is 0 Å². The molecule has 4 rings (SSSR count). The van der Waals surface area contributed by atoms with E-state index in [0.29, 0.717) is 42.0 Å². The average Bonchev–Trinajstić information content (AvgIpc) is 3.33. The Bertz CT molecular complexity index is 1210. The van der Waals surface area contributed by atoms with Crippen LogP contribution in [0.1, 0.15) is 38.2 Å². The van der Waals surface area contributed by atoms with Gasteiger partial charge in [0.25, 0.3) is 0 Å². The van der Waals surface area contributed by atoms with Crippen LogP contribution in [0.4, 0.5) is 5.69 Å². The standard InChI is InChI=1S/C20H27N7O5S/c1-2-27-19-14(11-24-27)18(25-12-3-5-33(30,31)6-4-12)13(10-23-19)15-7-20(32-26-15,8-16(21)28)9-17(22)29/h7,10-12,26H,2-6,8-9H2,1H3,(H2,21,28)(H2,22,29)(H,23,25). The number of aryl methyl sites for hydroxylation is 1. The normalized spacial score (nSPS) is 19.7. The number of hydrogen-bond acceptors (Lipinski definition) is 9. The number of carbonyl (C=O) groups excluding carboxylic acids is 2. The average molecular weight is 478 g/mol. The maximum atomic E-state index is 11.9. The van der Waals surface area contributed by atoms with Crippen molar-refractivity contribution < 1.29 is 22.8 Å². The minimum absolute atomic E-state index is 0.0632. The monoisotopic (exact) mass is 477 g/mol. The molecular weight excluding hydrogens is 450 g/mol. The Kier molecular flexibility index (Phi) is 6.01. The van der Waals surface area contributed by atoms with Crippen LogP contribution in [0, 0.1) is 0 Å². The Hall–Kier alpha value is -3.19. The predicted molar refractivity (Wildman–Crippen MR) is 121 cm³/mol. The quantitative estimate of drug-likeness (QED) is 0.400. The van der Waals surface area contributed by atoms with Crippen molar-refractivity contribution >= 4 is 44.1 Å². The molecule has 0 saturated carbocycles. The van der Waals surface area contributed by atoms with Crippen LogP contribution in [-0.4, -0.2) is 58.1 Å². The van der Waals surface area contributed by atoms with Gasteiger partial charge in [0.1, 0.15) is 15.4 Å². The molecule has 33 heavy (non-hydrogen) atoms. The minimum Gasteiger partial charge on any atom is -0.381 e. The Balaban J connectivity index is 1.76. The lowest BCUT2D eigenvalue weighted by Gasteiger charge is -2.25. The van der Waals surface area contributed by atoms with Crippen LogP contribution in [-0.2, 0) is 30.8 Å². The van der Waals surface area contributed by atoms with Crippen LogP contribution in [0.5, 0.6) is 0 Å². The fraction of sp³-hybridized carbons (Fsp3) is 0.500. The molecule has 0 spiro atoms. The summed E-state index contributed by atoms with van der Waals surface area (Å²) in [4.78, 5) is 33.4. The number of anilines is 1. The third-order valence-corrected chi connectivity index (χ3v) is 7.59. The number of sulfone groups is 1. The SMILES string of the molecule is CCn1ncc2c(NC3CCS(=O)(=O)CC3)c(C3=CC(CC(N)=O)(CC(N)=O)ON3)cnc21. The number of primary amides is 2. The Labute approximate surface area is 190 Å². The van der Waals surface area contributed by atoms with Crippen LogP contribution >= 0.6 is 0 Å². The molecule has 0 aromatic carbocycles. The summed E-state index contributed by atoms with van der Waals surface area (Å²) in [5, 5.41) is 8.62. The highest BCUT2D eigenvalue weighted by Crippen LogP contribution is 2.37. The second-order valence-corrected chi connectivity index (χ2v) is 10.7. The lowest BCUT2D eigenvalue weighted by molar-refractivity contribution is -0.131. The van der Waals surface area contributed by atoms with Crippen molar-refractivity contribution in [1.82, 2.24) is 20.2 Å². The number of nitrogens with one attached hydrogen (secondary N) is 2. The Morgan fingerprint density at radius 3 is 2.52 bits per heavy atom. The largest absolute Gasteiger partial charge is 0.381 e. The maximum absolute atomic E-state index is 11.9. The Morgan fingerprint density at radius 2 is 1.91 bits per heavy atom. The summed E-state index contributed by atoms with van der Waals surface area (Å²) in [5.41, 5.74) is 14.7. The van der Waals surface area contributed by atoms with Crippen LogP contribution in [0.15, 0.2) is 18.5 Å². The van der Waals surface area contributed by atoms with Gasteiger partial charge in [-0.3, -0.25) is 19.9 Å². The third kappa shape index (κ3) is 4.78. The summed E-state index contributed by atoms with van der Waals surface area (Å²) < 4.78 is 25.5. The van der Waals surface area contributed by atoms with E-state index in [9.17, 15) is 18.0 Å². The van der Waals surface area contributed by atoms with Gasteiger partial charge in [0.15, 0.2) is 5.65 Å². The topological polar surface area (TPSA) is 184 Å². The number of nitrogens with zero attached hydrogens (tertiary/aromatic N) is 3. The van der Waals surface area contributed by atoms with Crippen molar-refractivity contribution in [3.8, 4) is 0 Å². The molecule has 0 radical (unpaired) electrons. The zero-order valence-corrected chi connectivity index (χ0v) is 19.0. The number of rotatable bonds is 8. The van der Waals surface area contributed by atoms with Gasteiger partial charge in [0, 0.05) is 24.3 Å². The van der Waals surface area contributed by atoms with Crippen LogP contribution in [0.25, 0.3) is 16.7 Å². The first-order valence-corrected chi connectivity index (χ1v) is 12.5. The van der Waals surface area contributed by atoms with Crippen LogP contribution < -0.4 is 22.3 Å². The van der Waals surface area contributed by atoms with Crippen molar-refractivity contribution in [3.05, 3.63) is 24.0 Å². The van der Waals surface area contributed by atoms with Gasteiger partial charge in [-0.2, -0.15) is 5.10 Å². The molecule has 1 saturated heterocycles. The molecule has 6 N–H and O–H groups in total. The van der Waals surface area contributed by atoms with Gasteiger partial charge in [-0.25, -0.2) is 18.1 Å². The number of aromatic nitrogens is 3. The van der Waals surface area contributed by atoms with Gasteiger partial charge < -0.3 is 16.8 Å².